The van der Waals surface area contributed by atoms with Crippen LogP contribution in [0.5, 0.6) is 0 Å². The van der Waals surface area contributed by atoms with E-state index in [9.17, 15) is 0 Å². The molecule has 0 aliphatic rings. The van der Waals surface area contributed by atoms with Crippen molar-refractivity contribution in [3.05, 3.63) is 164 Å². The summed E-state index contributed by atoms with van der Waals surface area (Å²) >= 11 is 0. The highest BCUT2D eigenvalue weighted by Gasteiger charge is 2.21. The second-order valence-electron chi connectivity index (χ2n) is 12.8. The maximum absolute atomic E-state index is 5.03. The van der Waals surface area contributed by atoms with Gasteiger partial charge in [0, 0.05) is 33.7 Å². The molecule has 0 atom stereocenters. The quantitative estimate of drug-likeness (QED) is 0.183. The maximum atomic E-state index is 5.03. The van der Waals surface area contributed by atoms with Crippen LogP contribution in [-0.4, -0.2) is 14.1 Å². The monoisotopic (exact) mass is 609 g/mol. The van der Waals surface area contributed by atoms with Crippen molar-refractivity contribution in [2.24, 2.45) is 0 Å². The highest BCUT2D eigenvalue weighted by atomic mass is 15.0. The van der Waals surface area contributed by atoms with Gasteiger partial charge in [-0.1, -0.05) is 103 Å². The first-order chi connectivity index (χ1) is 23.8. The molecule has 0 saturated carbocycles. The molecule has 0 spiro atoms. The summed E-state index contributed by atoms with van der Waals surface area (Å²) in [5.74, 6) is 0. The second kappa shape index (κ2) is 9.54. The molecule has 0 unspecified atom stereocenters. The number of hydrogen-bond acceptors (Lipinski definition) is 1. The van der Waals surface area contributed by atoms with E-state index in [1.807, 2.05) is 6.20 Å². The lowest BCUT2D eigenvalue weighted by Crippen LogP contribution is -1.96. The van der Waals surface area contributed by atoms with Crippen molar-refractivity contribution in [1.82, 2.24) is 14.1 Å². The van der Waals surface area contributed by atoms with Crippen molar-refractivity contribution < 1.29 is 0 Å². The van der Waals surface area contributed by atoms with Gasteiger partial charge in [0.25, 0.3) is 0 Å². The van der Waals surface area contributed by atoms with Gasteiger partial charge in [0.05, 0.1) is 27.6 Å². The van der Waals surface area contributed by atoms with Crippen LogP contribution in [0, 0.1) is 0 Å². The minimum atomic E-state index is 1.03. The van der Waals surface area contributed by atoms with Gasteiger partial charge in [-0.25, -0.2) is 0 Å². The molecule has 48 heavy (non-hydrogen) atoms. The zero-order valence-electron chi connectivity index (χ0n) is 25.9. The zero-order chi connectivity index (χ0) is 31.3. The molecule has 11 aromatic rings. The number of aromatic nitrogens is 3. The van der Waals surface area contributed by atoms with E-state index in [0.717, 1.165) is 22.4 Å². The van der Waals surface area contributed by atoms with Crippen LogP contribution in [-0.2, 0) is 0 Å². The van der Waals surface area contributed by atoms with Crippen LogP contribution in [0.1, 0.15) is 0 Å². The Bertz CT molecular complexity index is 3040. The molecule has 3 aromatic heterocycles. The van der Waals surface area contributed by atoms with Crippen molar-refractivity contribution in [2.75, 3.05) is 0 Å². The minimum Gasteiger partial charge on any atom is -0.309 e. The highest BCUT2D eigenvalue weighted by Crippen LogP contribution is 2.45. The van der Waals surface area contributed by atoms with Crippen molar-refractivity contribution in [3.63, 3.8) is 0 Å². The predicted molar refractivity (Wildman–Crippen MR) is 202 cm³/mol. The smallest absolute Gasteiger partial charge is 0.0969 e. The molecule has 0 aliphatic carbocycles. The summed E-state index contributed by atoms with van der Waals surface area (Å²) in [5, 5.41) is 11.3. The van der Waals surface area contributed by atoms with Gasteiger partial charge in [-0.15, -0.1) is 0 Å². The summed E-state index contributed by atoms with van der Waals surface area (Å²) in [6, 6.07) is 57.4. The maximum Gasteiger partial charge on any atom is 0.0969 e. The number of nitrogens with zero attached hydrogens (tertiary/aromatic N) is 3. The molecular weight excluding hydrogens is 583 g/mol. The fraction of sp³-hybridized carbons (Fsp3) is 0. The number of benzene rings is 8. The molecule has 222 valence electrons. The van der Waals surface area contributed by atoms with Gasteiger partial charge in [-0.05, 0) is 98.0 Å². The molecule has 0 aliphatic heterocycles. The van der Waals surface area contributed by atoms with E-state index >= 15 is 0 Å². The van der Waals surface area contributed by atoms with E-state index in [1.165, 1.54) is 76.2 Å². The van der Waals surface area contributed by atoms with Crippen molar-refractivity contribution in [3.8, 4) is 22.5 Å². The van der Waals surface area contributed by atoms with E-state index in [2.05, 4.69) is 167 Å². The third kappa shape index (κ3) is 3.40. The molecule has 0 bridgehead atoms. The Morgan fingerprint density at radius 3 is 1.96 bits per heavy atom. The van der Waals surface area contributed by atoms with Gasteiger partial charge in [0.1, 0.15) is 0 Å². The molecule has 0 radical (unpaired) electrons. The number of fused-ring (bicyclic) bond motifs is 7. The fourth-order valence-corrected chi connectivity index (χ4v) is 8.29. The van der Waals surface area contributed by atoms with E-state index in [0.29, 0.717) is 0 Å². The van der Waals surface area contributed by atoms with Crippen LogP contribution in [0.4, 0.5) is 0 Å². The minimum absolute atomic E-state index is 1.03. The molecule has 0 N–H and O–H groups in total. The first-order valence-corrected chi connectivity index (χ1v) is 16.5. The fourth-order valence-electron chi connectivity index (χ4n) is 8.29. The van der Waals surface area contributed by atoms with E-state index in [-0.39, 0.29) is 0 Å². The first-order valence-electron chi connectivity index (χ1n) is 16.5. The van der Waals surface area contributed by atoms with Crippen LogP contribution in [0.15, 0.2) is 164 Å². The van der Waals surface area contributed by atoms with Crippen molar-refractivity contribution >= 4 is 76.1 Å². The molecule has 11 rings (SSSR count). The second-order valence-corrected chi connectivity index (χ2v) is 12.8. The number of hydrogen-bond donors (Lipinski definition) is 0. The normalized spacial score (nSPS) is 12.2. The van der Waals surface area contributed by atoms with Gasteiger partial charge in [-0.3, -0.25) is 4.98 Å². The SMILES string of the molecule is c1ccc(-c2ccc3ccc4c5c(ccc2c35)cc2c4c3ncccc3n2-c2ccc3c(c2)c2ccccc2n3-c2ccccc2)cc1. The van der Waals surface area contributed by atoms with Gasteiger partial charge < -0.3 is 9.13 Å². The molecule has 3 nitrogen and oxygen atoms in total. The van der Waals surface area contributed by atoms with Crippen LogP contribution in [0.3, 0.4) is 0 Å². The third-order valence-corrected chi connectivity index (χ3v) is 10.3. The Balaban J connectivity index is 1.24. The van der Waals surface area contributed by atoms with Gasteiger partial charge in [0.2, 0.25) is 0 Å². The summed E-state index contributed by atoms with van der Waals surface area (Å²) in [6.07, 6.45) is 1.92. The average Bonchev–Trinajstić information content (AvgIpc) is 3.66. The summed E-state index contributed by atoms with van der Waals surface area (Å²) < 4.78 is 4.78. The summed E-state index contributed by atoms with van der Waals surface area (Å²) in [4.78, 5) is 5.03. The molecular formula is C45H27N3. The van der Waals surface area contributed by atoms with E-state index < -0.39 is 0 Å². The topological polar surface area (TPSA) is 22.8 Å². The Morgan fingerprint density at radius 1 is 0.375 bits per heavy atom. The Morgan fingerprint density at radius 2 is 1.06 bits per heavy atom. The Hall–Kier alpha value is -6.45. The summed E-state index contributed by atoms with van der Waals surface area (Å²) in [6.45, 7) is 0. The lowest BCUT2D eigenvalue weighted by Gasteiger charge is -2.16. The van der Waals surface area contributed by atoms with Crippen LogP contribution >= 0.6 is 0 Å². The molecule has 3 heteroatoms. The number of rotatable bonds is 3. The first kappa shape index (κ1) is 25.7. The highest BCUT2D eigenvalue weighted by molar-refractivity contribution is 6.33. The largest absolute Gasteiger partial charge is 0.309 e. The Kier molecular flexibility index (Phi) is 5.11. The zero-order valence-corrected chi connectivity index (χ0v) is 25.9. The van der Waals surface area contributed by atoms with Gasteiger partial charge >= 0.3 is 0 Å². The van der Waals surface area contributed by atoms with Gasteiger partial charge in [0.15, 0.2) is 0 Å². The third-order valence-electron chi connectivity index (χ3n) is 10.3. The summed E-state index contributed by atoms with van der Waals surface area (Å²) in [5.41, 5.74) is 10.5. The molecule has 8 aromatic carbocycles. The average molecular weight is 610 g/mol. The van der Waals surface area contributed by atoms with Crippen LogP contribution < -0.4 is 0 Å². The molecule has 3 heterocycles. The predicted octanol–water partition coefficient (Wildman–Crippen LogP) is 11.8. The van der Waals surface area contributed by atoms with E-state index in [1.54, 1.807) is 0 Å². The van der Waals surface area contributed by atoms with Crippen LogP contribution in [0.2, 0.25) is 0 Å². The Labute approximate surface area is 275 Å². The summed E-state index contributed by atoms with van der Waals surface area (Å²) in [7, 11) is 0. The number of pyridine rings is 1. The lowest BCUT2D eigenvalue weighted by atomic mass is 9.89. The molecule has 0 amide bonds. The molecule has 0 saturated heterocycles. The van der Waals surface area contributed by atoms with Crippen molar-refractivity contribution in [1.29, 1.82) is 0 Å². The lowest BCUT2D eigenvalue weighted by molar-refractivity contribution is 1.16. The molecule has 0 fully saturated rings. The van der Waals surface area contributed by atoms with Gasteiger partial charge in [-0.2, -0.15) is 0 Å². The number of para-hydroxylation sites is 2. The van der Waals surface area contributed by atoms with Crippen LogP contribution in [0.25, 0.3) is 98.6 Å². The van der Waals surface area contributed by atoms with Crippen molar-refractivity contribution in [2.45, 2.75) is 0 Å². The van der Waals surface area contributed by atoms with E-state index in [4.69, 9.17) is 4.98 Å². The standard InChI is InChI=1S/C45H27N3/c1-3-10-28(11-4-1)33-21-17-29-18-23-36-43-30(19-22-35(33)42(29)43)26-41-44(36)45-40(16-9-25-46-45)48(41)32-20-24-39-37(27-32)34-14-7-8-15-38(34)47(39)31-12-5-2-6-13-31/h1-27H.